The van der Waals surface area contributed by atoms with Crippen molar-refractivity contribution in [2.45, 2.75) is 6.42 Å². The molecular weight excluding hydrogens is 624 g/mol. The minimum absolute atomic E-state index is 0.00757. The lowest BCUT2D eigenvalue weighted by Gasteiger charge is -2.13. The summed E-state index contributed by atoms with van der Waals surface area (Å²) in [5.41, 5.74) is 5.06. The number of nitrogens with two attached hydrogens (primary N) is 1. The second-order valence-electron chi connectivity index (χ2n) is 9.70. The molecular formula is C31H44N2O14. The Morgan fingerprint density at radius 2 is 0.872 bits per heavy atom. The zero-order valence-electron chi connectivity index (χ0n) is 26.4. The number of aromatic carboxylic acids is 1. The van der Waals surface area contributed by atoms with Gasteiger partial charge in [0.15, 0.2) is 5.78 Å². The first-order chi connectivity index (χ1) is 22.8. The number of carboxylic acid groups (broad SMARTS) is 1. The first kappa shape index (κ1) is 39.6. The Hall–Kier alpha value is -3.61. The van der Waals surface area contributed by atoms with Crippen molar-refractivity contribution in [1.29, 1.82) is 0 Å². The molecule has 0 fully saturated rings. The molecule has 1 aromatic rings. The van der Waals surface area contributed by atoms with Gasteiger partial charge in [0.25, 0.3) is 11.8 Å². The second kappa shape index (κ2) is 24.5. The Kier molecular flexibility index (Phi) is 20.7. The number of hydrogen-bond donors (Lipinski definition) is 2. The minimum Gasteiger partial charge on any atom is -0.478 e. The summed E-state index contributed by atoms with van der Waals surface area (Å²) in [5.74, 6) is -3.09. The Morgan fingerprint density at radius 3 is 1.26 bits per heavy atom. The highest BCUT2D eigenvalue weighted by Crippen LogP contribution is 2.13. The molecule has 0 atom stereocenters. The highest BCUT2D eigenvalue weighted by molar-refractivity contribution is 6.12. The number of benzene rings is 1. The third-order valence-corrected chi connectivity index (χ3v) is 6.22. The van der Waals surface area contributed by atoms with Gasteiger partial charge in [-0.05, 0) is 18.2 Å². The summed E-state index contributed by atoms with van der Waals surface area (Å²) in [6.45, 7) is 6.04. The molecule has 0 unspecified atom stereocenters. The van der Waals surface area contributed by atoms with E-state index in [2.05, 4.69) is 0 Å². The number of hydrogen-bond acceptors (Lipinski definition) is 13. The van der Waals surface area contributed by atoms with Gasteiger partial charge in [-0.1, -0.05) is 0 Å². The molecule has 1 aromatic carbocycles. The zero-order chi connectivity index (χ0) is 34.1. The molecule has 0 aromatic heterocycles. The van der Waals surface area contributed by atoms with Crippen LogP contribution < -0.4 is 5.73 Å². The summed E-state index contributed by atoms with van der Waals surface area (Å²) in [5, 5.41) is 9.15. The lowest BCUT2D eigenvalue weighted by atomic mass is 10.0. The van der Waals surface area contributed by atoms with Crippen molar-refractivity contribution in [1.82, 2.24) is 4.90 Å². The molecule has 1 aliphatic rings. The van der Waals surface area contributed by atoms with E-state index in [9.17, 15) is 24.0 Å². The topological polar surface area (TPSA) is 209 Å². The van der Waals surface area contributed by atoms with Crippen LogP contribution in [0, 0.1) is 0 Å². The molecule has 16 nitrogen and oxygen atoms in total. The fourth-order valence-electron chi connectivity index (χ4n) is 3.81. The number of ether oxygens (including phenoxy) is 8. The van der Waals surface area contributed by atoms with Crippen LogP contribution in [0.2, 0.25) is 0 Å². The number of carbonyl (C=O) groups is 5. The number of carbonyl (C=O) groups excluding carboxylic acids is 4. The third kappa shape index (κ3) is 17.8. The molecule has 1 aliphatic heterocycles. The van der Waals surface area contributed by atoms with E-state index in [4.69, 9.17) is 48.7 Å². The largest absolute Gasteiger partial charge is 0.478 e. The summed E-state index contributed by atoms with van der Waals surface area (Å²) >= 11 is 0. The molecule has 3 N–H and O–H groups in total. The predicted molar refractivity (Wildman–Crippen MR) is 163 cm³/mol. The van der Waals surface area contributed by atoms with Gasteiger partial charge in [-0.3, -0.25) is 24.1 Å². The van der Waals surface area contributed by atoms with Gasteiger partial charge in [-0.2, -0.15) is 0 Å². The Labute approximate surface area is 272 Å². The van der Waals surface area contributed by atoms with Crippen LogP contribution in [-0.2, 0) is 47.5 Å². The minimum atomic E-state index is -1.26. The van der Waals surface area contributed by atoms with Gasteiger partial charge >= 0.3 is 5.97 Å². The van der Waals surface area contributed by atoms with Gasteiger partial charge in [-0.25, -0.2) is 4.79 Å². The van der Waals surface area contributed by atoms with Crippen LogP contribution in [0.5, 0.6) is 0 Å². The first-order valence-electron chi connectivity index (χ1n) is 15.2. The second-order valence-corrected chi connectivity index (χ2v) is 9.70. The Balaban J connectivity index is 1.27. The molecule has 0 radical (unpaired) electrons. The maximum absolute atomic E-state index is 12.3. The highest BCUT2D eigenvalue weighted by Gasteiger charge is 2.22. The lowest BCUT2D eigenvalue weighted by molar-refractivity contribution is -0.137. The summed E-state index contributed by atoms with van der Waals surface area (Å²) < 4.78 is 43.2. The molecule has 0 bridgehead atoms. The normalized spacial score (nSPS) is 12.7. The number of ketones is 1. The number of primary amides is 1. The van der Waals surface area contributed by atoms with E-state index in [-0.39, 0.29) is 67.1 Å². The van der Waals surface area contributed by atoms with Gasteiger partial charge in [0.05, 0.1) is 118 Å². The van der Waals surface area contributed by atoms with E-state index < -0.39 is 11.9 Å². The van der Waals surface area contributed by atoms with Crippen molar-refractivity contribution in [3.05, 3.63) is 47.0 Å². The SMILES string of the molecule is NC(=O)c1cc(C(=O)O)cc(C(=O)CCOCCOCCOCCOCCOCCOCCOCCOCCN2C(=O)C=CC2=O)c1. The van der Waals surface area contributed by atoms with Crippen molar-refractivity contribution in [3.8, 4) is 0 Å². The van der Waals surface area contributed by atoms with Crippen LogP contribution in [0.1, 0.15) is 37.5 Å². The van der Waals surface area contributed by atoms with Crippen LogP contribution >= 0.6 is 0 Å². The first-order valence-corrected chi connectivity index (χ1v) is 15.2. The molecule has 3 amide bonds. The number of carboxylic acids is 1. The van der Waals surface area contributed by atoms with Gasteiger partial charge in [-0.15, -0.1) is 0 Å². The lowest BCUT2D eigenvalue weighted by Crippen LogP contribution is -2.33. The average molecular weight is 669 g/mol. The smallest absolute Gasteiger partial charge is 0.335 e. The fraction of sp³-hybridized carbons (Fsp3) is 0.581. The Bertz CT molecular complexity index is 1110. The number of Topliss-reactive ketones (excluding diaryl/α,β-unsaturated/α-hetero) is 1. The maximum atomic E-state index is 12.3. The Morgan fingerprint density at radius 1 is 0.532 bits per heavy atom. The summed E-state index contributed by atoms with van der Waals surface area (Å²) in [4.78, 5) is 58.9. The van der Waals surface area contributed by atoms with Crippen molar-refractivity contribution >= 4 is 29.5 Å². The third-order valence-electron chi connectivity index (χ3n) is 6.22. The molecule has 0 spiro atoms. The maximum Gasteiger partial charge on any atom is 0.335 e. The molecule has 262 valence electrons. The van der Waals surface area contributed by atoms with E-state index in [1.807, 2.05) is 0 Å². The van der Waals surface area contributed by atoms with Crippen LogP contribution in [0.25, 0.3) is 0 Å². The molecule has 0 saturated heterocycles. The van der Waals surface area contributed by atoms with Crippen molar-refractivity contribution < 1.29 is 67.0 Å². The van der Waals surface area contributed by atoms with E-state index >= 15 is 0 Å². The number of amides is 3. The molecule has 47 heavy (non-hydrogen) atoms. The van der Waals surface area contributed by atoms with E-state index in [1.54, 1.807) is 0 Å². The van der Waals surface area contributed by atoms with E-state index in [1.165, 1.54) is 24.3 Å². The molecule has 0 saturated carbocycles. The van der Waals surface area contributed by atoms with Crippen LogP contribution in [0.3, 0.4) is 0 Å². The molecule has 2 rings (SSSR count). The van der Waals surface area contributed by atoms with Crippen molar-refractivity contribution in [3.63, 3.8) is 0 Å². The van der Waals surface area contributed by atoms with Crippen molar-refractivity contribution in [2.75, 3.05) is 112 Å². The number of rotatable bonds is 30. The average Bonchev–Trinajstić information content (AvgIpc) is 3.38. The number of nitrogens with zero attached hydrogens (tertiary/aromatic N) is 1. The van der Waals surface area contributed by atoms with Gasteiger partial charge < -0.3 is 48.7 Å². The van der Waals surface area contributed by atoms with Crippen molar-refractivity contribution in [2.24, 2.45) is 5.73 Å². The highest BCUT2D eigenvalue weighted by atomic mass is 16.6. The molecule has 16 heteroatoms. The zero-order valence-corrected chi connectivity index (χ0v) is 26.4. The van der Waals surface area contributed by atoms with Crippen LogP contribution in [0.4, 0.5) is 0 Å². The van der Waals surface area contributed by atoms with Gasteiger partial charge in [0.2, 0.25) is 5.91 Å². The van der Waals surface area contributed by atoms with Gasteiger partial charge in [0.1, 0.15) is 0 Å². The standard InChI is InChI=1S/C31H44N2O14/c32-30(37)25-21-24(22-26(23-25)31(38)39)27(34)3-5-40-7-9-42-11-13-44-15-17-46-19-20-47-18-16-45-14-12-43-10-8-41-6-4-33-28(35)1-2-29(33)36/h1-2,21-23H,3-20H2,(H2,32,37)(H,38,39). The predicted octanol–water partition coefficient (Wildman–Crippen LogP) is 0.114. The molecule has 1 heterocycles. The summed E-state index contributed by atoms with van der Waals surface area (Å²) in [7, 11) is 0. The summed E-state index contributed by atoms with van der Waals surface area (Å²) in [6.07, 6.45) is 2.49. The van der Waals surface area contributed by atoms with E-state index in [0.29, 0.717) is 85.9 Å². The monoisotopic (exact) mass is 668 g/mol. The number of imide groups is 1. The summed E-state index contributed by atoms with van der Waals surface area (Å²) in [6, 6.07) is 3.60. The van der Waals surface area contributed by atoms with Crippen LogP contribution in [-0.4, -0.2) is 152 Å². The van der Waals surface area contributed by atoms with Crippen LogP contribution in [0.15, 0.2) is 30.4 Å². The fourth-order valence-corrected chi connectivity index (χ4v) is 3.81. The quantitative estimate of drug-likeness (QED) is 0.0634. The van der Waals surface area contributed by atoms with E-state index in [0.717, 1.165) is 11.0 Å². The molecule has 0 aliphatic carbocycles. The van der Waals surface area contributed by atoms with Gasteiger partial charge in [0, 0.05) is 29.7 Å².